The van der Waals surface area contributed by atoms with Crippen molar-refractivity contribution in [1.29, 1.82) is 0 Å². The summed E-state index contributed by atoms with van der Waals surface area (Å²) in [5.74, 6) is 1.13. The first-order chi connectivity index (χ1) is 13.4. The van der Waals surface area contributed by atoms with Gasteiger partial charge in [0, 0.05) is 19.9 Å². The summed E-state index contributed by atoms with van der Waals surface area (Å²) in [6.45, 7) is 5.38. The zero-order chi connectivity index (χ0) is 20.1. The lowest BCUT2D eigenvalue weighted by Crippen LogP contribution is -2.25. The quantitative estimate of drug-likeness (QED) is 0.595. The molecule has 0 aliphatic carbocycles. The van der Waals surface area contributed by atoms with Gasteiger partial charge in [0.2, 0.25) is 10.0 Å². The molecule has 0 radical (unpaired) electrons. The van der Waals surface area contributed by atoms with Gasteiger partial charge < -0.3 is 9.30 Å². The van der Waals surface area contributed by atoms with Gasteiger partial charge in [-0.3, -0.25) is 0 Å². The molecule has 0 unspecified atom stereocenters. The van der Waals surface area contributed by atoms with Crippen LogP contribution >= 0.6 is 0 Å². The average molecular weight is 403 g/mol. The molecule has 2 heterocycles. The van der Waals surface area contributed by atoms with E-state index in [1.165, 1.54) is 0 Å². The van der Waals surface area contributed by atoms with E-state index < -0.39 is 10.0 Å². The van der Waals surface area contributed by atoms with Crippen molar-refractivity contribution in [3.8, 4) is 0 Å². The number of nitrogens with one attached hydrogen (secondary N) is 1. The number of pyridine rings is 1. The standard InChI is InChI=1S/C20H26N4O3S/c1-15(2)13-16-6-8-17(9-7-16)28(25,26)22-14-19-23-18-5-4-10-21-20(18)24(19)11-12-27-3/h4-10,15,22H,11-14H2,1-3H3. The number of sulfonamides is 1. The van der Waals surface area contributed by atoms with Gasteiger partial charge in [-0.15, -0.1) is 0 Å². The number of nitrogens with zero attached hydrogens (tertiary/aromatic N) is 3. The molecule has 0 aliphatic heterocycles. The van der Waals surface area contributed by atoms with Crippen molar-refractivity contribution in [3.63, 3.8) is 0 Å². The first kappa shape index (κ1) is 20.4. The molecule has 0 fully saturated rings. The number of benzene rings is 1. The van der Waals surface area contributed by atoms with Crippen LogP contribution < -0.4 is 4.72 Å². The van der Waals surface area contributed by atoms with Crippen LogP contribution in [0.5, 0.6) is 0 Å². The molecule has 1 N–H and O–H groups in total. The predicted molar refractivity (Wildman–Crippen MR) is 108 cm³/mol. The van der Waals surface area contributed by atoms with E-state index in [9.17, 15) is 8.42 Å². The number of rotatable bonds is 9. The fourth-order valence-electron chi connectivity index (χ4n) is 3.08. The van der Waals surface area contributed by atoms with Crippen molar-refractivity contribution in [1.82, 2.24) is 19.3 Å². The highest BCUT2D eigenvalue weighted by Gasteiger charge is 2.17. The Bertz CT molecular complexity index is 1030. The summed E-state index contributed by atoms with van der Waals surface area (Å²) in [5.41, 5.74) is 2.57. The first-order valence-corrected chi connectivity index (χ1v) is 10.8. The SMILES string of the molecule is COCCn1c(CNS(=O)(=O)c2ccc(CC(C)C)cc2)nc2cccnc21. The predicted octanol–water partition coefficient (Wildman–Crippen LogP) is 2.75. The van der Waals surface area contributed by atoms with E-state index in [2.05, 4.69) is 28.5 Å². The third-order valence-electron chi connectivity index (χ3n) is 4.40. The van der Waals surface area contributed by atoms with Crippen molar-refractivity contribution in [3.05, 3.63) is 54.0 Å². The van der Waals surface area contributed by atoms with Crippen molar-refractivity contribution in [2.75, 3.05) is 13.7 Å². The lowest BCUT2D eigenvalue weighted by Gasteiger charge is -2.10. The first-order valence-electron chi connectivity index (χ1n) is 9.28. The third kappa shape index (κ3) is 4.76. The van der Waals surface area contributed by atoms with Gasteiger partial charge in [-0.05, 0) is 42.2 Å². The minimum atomic E-state index is -3.63. The number of fused-ring (bicyclic) bond motifs is 1. The van der Waals surface area contributed by atoms with Crippen LogP contribution in [-0.4, -0.2) is 36.7 Å². The van der Waals surface area contributed by atoms with Gasteiger partial charge >= 0.3 is 0 Å². The van der Waals surface area contributed by atoms with Crippen molar-refractivity contribution >= 4 is 21.2 Å². The maximum absolute atomic E-state index is 12.7. The Morgan fingerprint density at radius 3 is 2.61 bits per heavy atom. The van der Waals surface area contributed by atoms with Crippen LogP contribution in [0.4, 0.5) is 0 Å². The van der Waals surface area contributed by atoms with Crippen molar-refractivity contribution in [2.24, 2.45) is 5.92 Å². The van der Waals surface area contributed by atoms with Crippen molar-refractivity contribution in [2.45, 2.75) is 38.3 Å². The molecule has 150 valence electrons. The van der Waals surface area contributed by atoms with Crippen LogP contribution in [0, 0.1) is 5.92 Å². The topological polar surface area (TPSA) is 86.1 Å². The molecular formula is C20H26N4O3S. The van der Waals surface area contributed by atoms with E-state index in [1.54, 1.807) is 25.4 Å². The summed E-state index contributed by atoms with van der Waals surface area (Å²) in [4.78, 5) is 9.13. The van der Waals surface area contributed by atoms with Crippen molar-refractivity contribution < 1.29 is 13.2 Å². The number of imidazole rings is 1. The molecule has 0 aliphatic rings. The fourth-order valence-corrected chi connectivity index (χ4v) is 4.06. The van der Waals surface area contributed by atoms with E-state index in [1.807, 2.05) is 28.8 Å². The van der Waals surface area contributed by atoms with Crippen LogP contribution in [0.2, 0.25) is 0 Å². The lowest BCUT2D eigenvalue weighted by atomic mass is 10.0. The summed E-state index contributed by atoms with van der Waals surface area (Å²) in [6, 6.07) is 10.7. The number of aromatic nitrogens is 3. The molecule has 1 aromatic carbocycles. The molecule has 3 rings (SSSR count). The lowest BCUT2D eigenvalue weighted by molar-refractivity contribution is 0.187. The van der Waals surface area contributed by atoms with Gasteiger partial charge in [-0.2, -0.15) is 0 Å². The van der Waals surface area contributed by atoms with Crippen LogP contribution in [0.1, 0.15) is 25.2 Å². The molecular weight excluding hydrogens is 376 g/mol. The van der Waals surface area contributed by atoms with E-state index >= 15 is 0 Å². The van der Waals surface area contributed by atoms with Crippen LogP contribution in [0.25, 0.3) is 11.2 Å². The zero-order valence-electron chi connectivity index (χ0n) is 16.4. The van der Waals surface area contributed by atoms with E-state index in [-0.39, 0.29) is 11.4 Å². The molecule has 8 heteroatoms. The number of methoxy groups -OCH3 is 1. The summed E-state index contributed by atoms with van der Waals surface area (Å²) in [7, 11) is -2.01. The normalized spacial score (nSPS) is 12.1. The summed E-state index contributed by atoms with van der Waals surface area (Å²) >= 11 is 0. The summed E-state index contributed by atoms with van der Waals surface area (Å²) in [5, 5.41) is 0. The Kier molecular flexibility index (Phi) is 6.43. The fraction of sp³-hybridized carbons (Fsp3) is 0.400. The highest BCUT2D eigenvalue weighted by atomic mass is 32.2. The maximum atomic E-state index is 12.7. The Morgan fingerprint density at radius 2 is 1.93 bits per heavy atom. The van der Waals surface area contributed by atoms with Crippen LogP contribution in [-0.2, 0) is 34.3 Å². The molecule has 0 spiro atoms. The monoisotopic (exact) mass is 402 g/mol. The summed E-state index contributed by atoms with van der Waals surface area (Å²) in [6.07, 6.45) is 2.62. The smallest absolute Gasteiger partial charge is 0.240 e. The highest BCUT2D eigenvalue weighted by Crippen LogP contribution is 2.16. The van der Waals surface area contributed by atoms with E-state index in [0.717, 1.165) is 17.5 Å². The second-order valence-corrected chi connectivity index (χ2v) is 8.85. The van der Waals surface area contributed by atoms with Crippen LogP contribution in [0.15, 0.2) is 47.5 Å². The second-order valence-electron chi connectivity index (χ2n) is 7.09. The molecule has 7 nitrogen and oxygen atoms in total. The van der Waals surface area contributed by atoms with Gasteiger partial charge in [-0.25, -0.2) is 23.1 Å². The Labute approximate surface area is 165 Å². The molecule has 0 saturated heterocycles. The third-order valence-corrected chi connectivity index (χ3v) is 5.82. The minimum Gasteiger partial charge on any atom is -0.383 e. The van der Waals surface area contributed by atoms with Gasteiger partial charge in [0.15, 0.2) is 5.65 Å². The highest BCUT2D eigenvalue weighted by molar-refractivity contribution is 7.89. The molecule has 0 atom stereocenters. The Hall–Kier alpha value is -2.29. The molecule has 0 bridgehead atoms. The number of hydrogen-bond donors (Lipinski definition) is 1. The van der Waals surface area contributed by atoms with Crippen LogP contribution in [0.3, 0.4) is 0 Å². The Morgan fingerprint density at radius 1 is 1.18 bits per heavy atom. The number of ether oxygens (including phenoxy) is 1. The average Bonchev–Trinajstić information content (AvgIpc) is 3.02. The second kappa shape index (κ2) is 8.81. The minimum absolute atomic E-state index is 0.0795. The summed E-state index contributed by atoms with van der Waals surface area (Å²) < 4.78 is 35.1. The van der Waals surface area contributed by atoms with E-state index in [0.29, 0.717) is 30.5 Å². The van der Waals surface area contributed by atoms with Gasteiger partial charge in [-0.1, -0.05) is 26.0 Å². The largest absolute Gasteiger partial charge is 0.383 e. The van der Waals surface area contributed by atoms with Gasteiger partial charge in [0.1, 0.15) is 11.3 Å². The molecule has 0 amide bonds. The van der Waals surface area contributed by atoms with E-state index in [4.69, 9.17) is 4.74 Å². The molecule has 0 saturated carbocycles. The Balaban J connectivity index is 1.79. The van der Waals surface area contributed by atoms with Gasteiger partial charge in [0.25, 0.3) is 0 Å². The maximum Gasteiger partial charge on any atom is 0.240 e. The molecule has 3 aromatic rings. The van der Waals surface area contributed by atoms with Gasteiger partial charge in [0.05, 0.1) is 18.0 Å². The number of hydrogen-bond acceptors (Lipinski definition) is 5. The zero-order valence-corrected chi connectivity index (χ0v) is 17.2. The molecule has 28 heavy (non-hydrogen) atoms. The molecule has 2 aromatic heterocycles.